The van der Waals surface area contributed by atoms with E-state index in [1.54, 1.807) is 0 Å². The van der Waals surface area contributed by atoms with E-state index < -0.39 is 0 Å². The fourth-order valence-corrected chi connectivity index (χ4v) is 5.14. The van der Waals surface area contributed by atoms with Crippen LogP contribution in [-0.4, -0.2) is 59.9 Å². The first kappa shape index (κ1) is 19.9. The minimum atomic E-state index is -0.220. The van der Waals surface area contributed by atoms with Crippen LogP contribution < -0.4 is 9.80 Å². The average molecular weight is 436 g/mol. The van der Waals surface area contributed by atoms with E-state index >= 15 is 0 Å². The molecule has 1 atom stereocenters. The SMILES string of the molecule is CN1CCCN(C(=O)[C@H]2CCCN(C(=O)c3cccs3)C2)c2nc3ccccc3nc21. The van der Waals surface area contributed by atoms with Crippen molar-refractivity contribution < 1.29 is 9.59 Å². The van der Waals surface area contributed by atoms with Gasteiger partial charge in [0.1, 0.15) is 0 Å². The third-order valence-electron chi connectivity index (χ3n) is 6.08. The minimum Gasteiger partial charge on any atom is -0.357 e. The topological polar surface area (TPSA) is 69.6 Å². The Morgan fingerprint density at radius 1 is 0.968 bits per heavy atom. The van der Waals surface area contributed by atoms with Gasteiger partial charge in [0, 0.05) is 33.2 Å². The number of hydrogen-bond acceptors (Lipinski definition) is 6. The first-order valence-electron chi connectivity index (χ1n) is 10.7. The van der Waals surface area contributed by atoms with Gasteiger partial charge in [-0.3, -0.25) is 14.5 Å². The van der Waals surface area contributed by atoms with Crippen LogP contribution in [0, 0.1) is 5.92 Å². The molecule has 0 saturated carbocycles. The van der Waals surface area contributed by atoms with E-state index in [0.29, 0.717) is 25.5 Å². The van der Waals surface area contributed by atoms with Gasteiger partial charge >= 0.3 is 0 Å². The second-order valence-electron chi connectivity index (χ2n) is 8.19. The predicted octanol–water partition coefficient (Wildman–Crippen LogP) is 3.42. The second-order valence-corrected chi connectivity index (χ2v) is 9.14. The molecule has 0 aliphatic carbocycles. The fourth-order valence-electron chi connectivity index (χ4n) is 4.45. The molecule has 0 radical (unpaired) electrons. The number of para-hydroxylation sites is 2. The number of nitrogens with zero attached hydrogens (tertiary/aromatic N) is 5. The molecule has 2 aliphatic heterocycles. The van der Waals surface area contributed by atoms with Crippen molar-refractivity contribution in [3.63, 3.8) is 0 Å². The third kappa shape index (κ3) is 3.76. The molecule has 0 N–H and O–H groups in total. The van der Waals surface area contributed by atoms with E-state index in [4.69, 9.17) is 9.97 Å². The molecule has 31 heavy (non-hydrogen) atoms. The zero-order valence-corrected chi connectivity index (χ0v) is 18.3. The number of anilines is 2. The zero-order chi connectivity index (χ0) is 21.4. The molecule has 2 aromatic heterocycles. The molecule has 0 bridgehead atoms. The Hall–Kier alpha value is -3.00. The molecule has 0 spiro atoms. The van der Waals surface area contributed by atoms with Gasteiger partial charge in [-0.15, -0.1) is 11.3 Å². The highest BCUT2D eigenvalue weighted by Gasteiger charge is 2.35. The van der Waals surface area contributed by atoms with Crippen molar-refractivity contribution in [2.45, 2.75) is 19.3 Å². The lowest BCUT2D eigenvalue weighted by molar-refractivity contribution is -0.123. The van der Waals surface area contributed by atoms with Crippen molar-refractivity contribution in [2.24, 2.45) is 5.92 Å². The van der Waals surface area contributed by atoms with Crippen LogP contribution in [0.3, 0.4) is 0 Å². The molecule has 1 fully saturated rings. The summed E-state index contributed by atoms with van der Waals surface area (Å²) in [4.78, 5) is 42.6. The predicted molar refractivity (Wildman–Crippen MR) is 123 cm³/mol. The number of benzene rings is 1. The Kier molecular flexibility index (Phi) is 5.31. The molecular weight excluding hydrogens is 410 g/mol. The standard InChI is InChI=1S/C23H25N5O2S/c1-26-11-6-13-28(21-20(26)24-17-8-2-3-9-18(17)25-21)22(29)16-7-4-12-27(15-16)23(30)19-10-5-14-31-19/h2-3,5,8-10,14,16H,4,6-7,11-13,15H2,1H3/t16-/m0/s1. The van der Waals surface area contributed by atoms with Crippen molar-refractivity contribution in [1.82, 2.24) is 14.9 Å². The van der Waals surface area contributed by atoms with Crippen LogP contribution in [0.1, 0.15) is 28.9 Å². The molecule has 2 amide bonds. The van der Waals surface area contributed by atoms with Gasteiger partial charge < -0.3 is 9.80 Å². The van der Waals surface area contributed by atoms with Crippen molar-refractivity contribution in [3.05, 3.63) is 46.7 Å². The van der Waals surface area contributed by atoms with Gasteiger partial charge in [-0.2, -0.15) is 0 Å². The highest BCUT2D eigenvalue weighted by Crippen LogP contribution is 2.32. The molecule has 4 heterocycles. The zero-order valence-electron chi connectivity index (χ0n) is 17.5. The smallest absolute Gasteiger partial charge is 0.263 e. The van der Waals surface area contributed by atoms with Crippen molar-refractivity contribution in [1.29, 1.82) is 0 Å². The van der Waals surface area contributed by atoms with Crippen LogP contribution in [0.15, 0.2) is 41.8 Å². The number of hydrogen-bond donors (Lipinski definition) is 0. The number of rotatable bonds is 2. The molecule has 1 aromatic carbocycles. The first-order chi connectivity index (χ1) is 15.1. The lowest BCUT2D eigenvalue weighted by Crippen LogP contribution is -2.47. The average Bonchev–Trinajstić information content (AvgIpc) is 3.30. The molecule has 160 valence electrons. The van der Waals surface area contributed by atoms with Crippen LogP contribution in [0.2, 0.25) is 0 Å². The van der Waals surface area contributed by atoms with Crippen LogP contribution in [-0.2, 0) is 4.79 Å². The van der Waals surface area contributed by atoms with E-state index in [1.165, 1.54) is 11.3 Å². The van der Waals surface area contributed by atoms with E-state index in [1.807, 2.05) is 58.6 Å². The number of aromatic nitrogens is 2. The third-order valence-corrected chi connectivity index (χ3v) is 6.94. The second kappa shape index (κ2) is 8.26. The normalized spacial score (nSPS) is 19.3. The maximum absolute atomic E-state index is 13.7. The Balaban J connectivity index is 1.44. The van der Waals surface area contributed by atoms with Gasteiger partial charge in [0.2, 0.25) is 5.91 Å². The van der Waals surface area contributed by atoms with Gasteiger partial charge in [0.25, 0.3) is 5.91 Å². The van der Waals surface area contributed by atoms with Crippen LogP contribution >= 0.6 is 11.3 Å². The van der Waals surface area contributed by atoms with Crippen molar-refractivity contribution in [2.75, 3.05) is 43.0 Å². The van der Waals surface area contributed by atoms with Crippen LogP contribution in [0.4, 0.5) is 11.6 Å². The summed E-state index contributed by atoms with van der Waals surface area (Å²) < 4.78 is 0. The number of carbonyl (C=O) groups excluding carboxylic acids is 2. The first-order valence-corrected chi connectivity index (χ1v) is 11.6. The summed E-state index contributed by atoms with van der Waals surface area (Å²) in [6.07, 6.45) is 2.47. The molecule has 8 heteroatoms. The summed E-state index contributed by atoms with van der Waals surface area (Å²) >= 11 is 1.45. The minimum absolute atomic E-state index is 0.0225. The number of thiophene rings is 1. The lowest BCUT2D eigenvalue weighted by atomic mass is 9.96. The van der Waals surface area contributed by atoms with E-state index in [-0.39, 0.29) is 17.7 Å². The highest BCUT2D eigenvalue weighted by atomic mass is 32.1. The highest BCUT2D eigenvalue weighted by molar-refractivity contribution is 7.12. The Morgan fingerprint density at radius 3 is 2.48 bits per heavy atom. The van der Waals surface area contributed by atoms with Gasteiger partial charge in [0.15, 0.2) is 11.6 Å². The van der Waals surface area contributed by atoms with E-state index in [2.05, 4.69) is 4.90 Å². The van der Waals surface area contributed by atoms with Gasteiger partial charge in [-0.25, -0.2) is 9.97 Å². The fraction of sp³-hybridized carbons (Fsp3) is 0.391. The van der Waals surface area contributed by atoms with Gasteiger partial charge in [-0.1, -0.05) is 18.2 Å². The van der Waals surface area contributed by atoms with Crippen LogP contribution in [0.25, 0.3) is 11.0 Å². The summed E-state index contributed by atoms with van der Waals surface area (Å²) in [7, 11) is 2.00. The maximum atomic E-state index is 13.7. The number of fused-ring (bicyclic) bond motifs is 2. The molecular formula is C23H25N5O2S. The molecule has 2 aliphatic rings. The molecule has 7 nitrogen and oxygen atoms in total. The number of likely N-dealkylation sites (tertiary alicyclic amines) is 1. The molecule has 3 aromatic rings. The Bertz CT molecular complexity index is 1120. The molecule has 5 rings (SSSR count). The summed E-state index contributed by atoms with van der Waals surface area (Å²) in [6, 6.07) is 11.5. The monoisotopic (exact) mass is 435 g/mol. The summed E-state index contributed by atoms with van der Waals surface area (Å²) in [6.45, 7) is 2.58. The van der Waals surface area contributed by atoms with Crippen molar-refractivity contribution >= 4 is 45.8 Å². The van der Waals surface area contributed by atoms with Crippen molar-refractivity contribution in [3.8, 4) is 0 Å². The van der Waals surface area contributed by atoms with E-state index in [0.717, 1.165) is 47.5 Å². The number of piperidine rings is 1. The number of amides is 2. The Labute approximate surface area is 185 Å². The molecule has 0 unspecified atom stereocenters. The van der Waals surface area contributed by atoms with Crippen LogP contribution in [0.5, 0.6) is 0 Å². The summed E-state index contributed by atoms with van der Waals surface area (Å²) in [5.74, 6) is 1.22. The molecule has 1 saturated heterocycles. The van der Waals surface area contributed by atoms with Gasteiger partial charge in [-0.05, 0) is 42.8 Å². The number of carbonyl (C=O) groups is 2. The quantitative estimate of drug-likeness (QED) is 0.617. The van der Waals surface area contributed by atoms with E-state index in [9.17, 15) is 9.59 Å². The maximum Gasteiger partial charge on any atom is 0.263 e. The Morgan fingerprint density at radius 2 is 1.74 bits per heavy atom. The van der Waals surface area contributed by atoms with Gasteiger partial charge in [0.05, 0.1) is 21.8 Å². The summed E-state index contributed by atoms with van der Waals surface area (Å²) in [5.41, 5.74) is 1.61. The lowest BCUT2D eigenvalue weighted by Gasteiger charge is -2.34. The largest absolute Gasteiger partial charge is 0.357 e. The summed E-state index contributed by atoms with van der Waals surface area (Å²) in [5, 5.41) is 1.91.